The summed E-state index contributed by atoms with van der Waals surface area (Å²) in [6.07, 6.45) is 0. The molecule has 0 aliphatic heterocycles. The Morgan fingerprint density at radius 1 is 1.11 bits per heavy atom. The molecule has 0 aliphatic rings. The average molecular weight is 272 g/mol. The van der Waals surface area contributed by atoms with E-state index in [0.717, 1.165) is 27.8 Å². The molecule has 0 radical (unpaired) electrons. The number of fused-ring (bicyclic) bond motifs is 1. The van der Waals surface area contributed by atoms with E-state index in [2.05, 4.69) is 4.98 Å². The van der Waals surface area contributed by atoms with Crippen LogP contribution in [0.25, 0.3) is 16.7 Å². The first-order chi connectivity index (χ1) is 9.06. The van der Waals surface area contributed by atoms with E-state index in [1.807, 2.05) is 36.6 Å². The smallest absolute Gasteiger partial charge is 0.182 e. The van der Waals surface area contributed by atoms with Crippen molar-refractivity contribution < 1.29 is 4.39 Å². The molecule has 0 saturated carbocycles. The van der Waals surface area contributed by atoms with Gasteiger partial charge in [-0.2, -0.15) is 0 Å². The molecule has 1 aromatic heterocycles. The zero-order valence-corrected chi connectivity index (χ0v) is 11.5. The second-order valence-electron chi connectivity index (χ2n) is 4.72. The minimum Gasteiger partial charge on any atom is -0.330 e. The molecule has 2 aromatic carbocycles. The molecule has 1 N–H and O–H groups in total. The maximum Gasteiger partial charge on any atom is 0.182 e. The molecular weight excluding hydrogens is 259 g/mol. The molecule has 0 unspecified atom stereocenters. The van der Waals surface area contributed by atoms with E-state index < -0.39 is 0 Å². The highest BCUT2D eigenvalue weighted by Crippen LogP contribution is 2.23. The Morgan fingerprint density at radius 2 is 1.89 bits per heavy atom. The molecule has 0 bridgehead atoms. The van der Waals surface area contributed by atoms with E-state index in [1.54, 1.807) is 6.07 Å². The molecule has 96 valence electrons. The van der Waals surface area contributed by atoms with Crippen LogP contribution < -0.4 is 0 Å². The summed E-state index contributed by atoms with van der Waals surface area (Å²) in [6.45, 7) is 3.98. The van der Waals surface area contributed by atoms with Crippen molar-refractivity contribution in [1.82, 2.24) is 9.55 Å². The molecule has 0 spiro atoms. The van der Waals surface area contributed by atoms with Crippen LogP contribution in [0, 0.1) is 24.4 Å². The number of aromatic amines is 1. The van der Waals surface area contributed by atoms with Crippen LogP contribution in [0.3, 0.4) is 0 Å². The van der Waals surface area contributed by atoms with Crippen molar-refractivity contribution in [2.75, 3.05) is 0 Å². The monoisotopic (exact) mass is 272 g/mol. The molecule has 0 fully saturated rings. The number of nitrogens with one attached hydrogen (secondary N) is 1. The van der Waals surface area contributed by atoms with E-state index in [-0.39, 0.29) is 5.82 Å². The minimum atomic E-state index is -0.260. The van der Waals surface area contributed by atoms with Crippen LogP contribution in [0.5, 0.6) is 0 Å². The van der Waals surface area contributed by atoms with Crippen LogP contribution in [-0.4, -0.2) is 9.55 Å². The van der Waals surface area contributed by atoms with Gasteiger partial charge in [-0.05, 0) is 61.5 Å². The summed E-state index contributed by atoms with van der Waals surface area (Å²) in [4.78, 5) is 3.15. The SMILES string of the molecule is Cc1ccc2[nH]c(=S)n(-c3cc(F)ccc3C)c2c1. The molecule has 0 saturated heterocycles. The third-order valence-electron chi connectivity index (χ3n) is 3.25. The lowest BCUT2D eigenvalue weighted by Crippen LogP contribution is -1.98. The van der Waals surface area contributed by atoms with Gasteiger partial charge in [-0.3, -0.25) is 4.57 Å². The number of hydrogen-bond acceptors (Lipinski definition) is 1. The Labute approximate surface area is 115 Å². The highest BCUT2D eigenvalue weighted by atomic mass is 32.1. The van der Waals surface area contributed by atoms with Crippen LogP contribution in [0.2, 0.25) is 0 Å². The Kier molecular flexibility index (Phi) is 2.75. The Balaban J connectivity index is 2.42. The van der Waals surface area contributed by atoms with Crippen LogP contribution in [0.15, 0.2) is 36.4 Å². The van der Waals surface area contributed by atoms with Crippen molar-refractivity contribution in [2.45, 2.75) is 13.8 Å². The van der Waals surface area contributed by atoms with Crippen molar-refractivity contribution in [2.24, 2.45) is 0 Å². The Morgan fingerprint density at radius 3 is 2.68 bits per heavy atom. The fourth-order valence-electron chi connectivity index (χ4n) is 2.28. The van der Waals surface area contributed by atoms with Crippen LogP contribution >= 0.6 is 12.2 Å². The molecule has 3 rings (SSSR count). The van der Waals surface area contributed by atoms with E-state index in [1.165, 1.54) is 12.1 Å². The normalized spacial score (nSPS) is 11.1. The fourth-order valence-corrected chi connectivity index (χ4v) is 2.58. The zero-order valence-electron chi connectivity index (χ0n) is 10.7. The third kappa shape index (κ3) is 1.98. The Bertz CT molecular complexity index is 830. The van der Waals surface area contributed by atoms with Gasteiger partial charge in [0.05, 0.1) is 16.7 Å². The van der Waals surface area contributed by atoms with Crippen molar-refractivity contribution >= 4 is 23.3 Å². The lowest BCUT2D eigenvalue weighted by atomic mass is 10.1. The van der Waals surface area contributed by atoms with Gasteiger partial charge in [0.2, 0.25) is 0 Å². The van der Waals surface area contributed by atoms with Crippen molar-refractivity contribution in [1.29, 1.82) is 0 Å². The van der Waals surface area contributed by atoms with Gasteiger partial charge < -0.3 is 4.98 Å². The first-order valence-electron chi connectivity index (χ1n) is 6.04. The van der Waals surface area contributed by atoms with Gasteiger partial charge in [0, 0.05) is 0 Å². The highest BCUT2D eigenvalue weighted by Gasteiger charge is 2.09. The molecule has 4 heteroatoms. The molecule has 1 heterocycles. The number of aryl methyl sites for hydroxylation is 2. The lowest BCUT2D eigenvalue weighted by Gasteiger charge is -2.08. The lowest BCUT2D eigenvalue weighted by molar-refractivity contribution is 0.626. The van der Waals surface area contributed by atoms with Gasteiger partial charge in [-0.1, -0.05) is 12.1 Å². The molecule has 0 amide bonds. The van der Waals surface area contributed by atoms with Crippen molar-refractivity contribution in [3.8, 4) is 5.69 Å². The standard InChI is InChI=1S/C15H13FN2S/c1-9-3-6-12-14(7-9)18(15(19)17-12)13-8-11(16)5-4-10(13)2/h3-8H,1-2H3,(H,17,19). The number of imidazole rings is 1. The first kappa shape index (κ1) is 12.1. The minimum absolute atomic E-state index is 0.260. The second-order valence-corrected chi connectivity index (χ2v) is 5.10. The summed E-state index contributed by atoms with van der Waals surface area (Å²) in [7, 11) is 0. The number of nitrogens with zero attached hydrogens (tertiary/aromatic N) is 1. The quantitative estimate of drug-likeness (QED) is 0.649. The van der Waals surface area contributed by atoms with Gasteiger partial charge in [0.15, 0.2) is 4.77 Å². The predicted molar refractivity (Wildman–Crippen MR) is 77.9 cm³/mol. The van der Waals surface area contributed by atoms with Gasteiger partial charge in [0.1, 0.15) is 5.82 Å². The maximum absolute atomic E-state index is 13.5. The number of hydrogen-bond donors (Lipinski definition) is 1. The zero-order chi connectivity index (χ0) is 13.6. The number of aromatic nitrogens is 2. The van der Waals surface area contributed by atoms with Crippen LogP contribution in [-0.2, 0) is 0 Å². The van der Waals surface area contributed by atoms with Crippen molar-refractivity contribution in [3.63, 3.8) is 0 Å². The summed E-state index contributed by atoms with van der Waals surface area (Å²) in [5, 5.41) is 0. The summed E-state index contributed by atoms with van der Waals surface area (Å²) >= 11 is 5.37. The van der Waals surface area contributed by atoms with E-state index in [4.69, 9.17) is 12.2 Å². The molecule has 2 nitrogen and oxygen atoms in total. The molecule has 19 heavy (non-hydrogen) atoms. The van der Waals surface area contributed by atoms with Gasteiger partial charge in [0.25, 0.3) is 0 Å². The molecular formula is C15H13FN2S. The summed E-state index contributed by atoms with van der Waals surface area (Å²) in [5.41, 5.74) is 4.84. The summed E-state index contributed by atoms with van der Waals surface area (Å²) in [5.74, 6) is -0.260. The number of benzene rings is 2. The third-order valence-corrected chi connectivity index (χ3v) is 3.54. The van der Waals surface area contributed by atoms with Crippen LogP contribution in [0.1, 0.15) is 11.1 Å². The first-order valence-corrected chi connectivity index (χ1v) is 6.45. The largest absolute Gasteiger partial charge is 0.330 e. The van der Waals surface area contributed by atoms with E-state index in [0.29, 0.717) is 4.77 Å². The average Bonchev–Trinajstić information content (AvgIpc) is 2.68. The maximum atomic E-state index is 13.5. The van der Waals surface area contributed by atoms with Gasteiger partial charge >= 0.3 is 0 Å². The number of halogens is 1. The summed E-state index contributed by atoms with van der Waals surface area (Å²) < 4.78 is 16.0. The number of H-pyrrole nitrogens is 1. The van der Waals surface area contributed by atoms with Crippen LogP contribution in [0.4, 0.5) is 4.39 Å². The van der Waals surface area contributed by atoms with Gasteiger partial charge in [-0.25, -0.2) is 4.39 Å². The van der Waals surface area contributed by atoms with E-state index in [9.17, 15) is 4.39 Å². The number of rotatable bonds is 1. The molecule has 0 aliphatic carbocycles. The predicted octanol–water partition coefficient (Wildman–Crippen LogP) is 4.44. The van der Waals surface area contributed by atoms with Gasteiger partial charge in [-0.15, -0.1) is 0 Å². The van der Waals surface area contributed by atoms with Crippen molar-refractivity contribution in [3.05, 3.63) is 58.1 Å². The Hall–Kier alpha value is -1.94. The fraction of sp³-hybridized carbons (Fsp3) is 0.133. The second kappa shape index (κ2) is 4.31. The molecule has 0 atom stereocenters. The molecule has 3 aromatic rings. The summed E-state index contributed by atoms with van der Waals surface area (Å²) in [6, 6.07) is 10.8. The van der Waals surface area contributed by atoms with E-state index >= 15 is 0 Å². The topological polar surface area (TPSA) is 20.7 Å². The highest BCUT2D eigenvalue weighted by molar-refractivity contribution is 7.71.